The molecule has 0 aromatic heterocycles. The Hall–Kier alpha value is -2.24. The Morgan fingerprint density at radius 3 is 2.28 bits per heavy atom. The maximum atomic E-state index is 11.9. The maximum Gasteiger partial charge on any atom is 0.344 e. The van der Waals surface area contributed by atoms with Gasteiger partial charge in [0.15, 0.2) is 24.7 Å². The first-order valence-electron chi connectivity index (χ1n) is 8.98. The number of benzene rings is 1. The third-order valence-corrected chi connectivity index (χ3v) is 4.08. The van der Waals surface area contributed by atoms with Gasteiger partial charge >= 0.3 is 5.97 Å². The Balaban J connectivity index is 1.69. The van der Waals surface area contributed by atoms with Gasteiger partial charge in [-0.25, -0.2) is 4.79 Å². The monoisotopic (exact) mass is 349 g/mol. The summed E-state index contributed by atoms with van der Waals surface area (Å²) >= 11 is 0. The van der Waals surface area contributed by atoms with E-state index in [9.17, 15) is 9.59 Å². The van der Waals surface area contributed by atoms with Gasteiger partial charge in [0.25, 0.3) is 5.91 Å². The molecule has 1 aliphatic carbocycles. The van der Waals surface area contributed by atoms with E-state index in [0.29, 0.717) is 18.1 Å². The average molecular weight is 349 g/mol. The molecule has 2 rings (SSSR count). The molecule has 1 amide bonds. The lowest BCUT2D eigenvalue weighted by Crippen LogP contribution is -2.37. The lowest BCUT2D eigenvalue weighted by Gasteiger charge is -2.16. The molecule has 0 radical (unpaired) electrons. The number of nitrogens with one attached hydrogen (secondary N) is 1. The SMILES string of the molecule is CCOc1ccccc1OCC(=O)OCC(=O)NC1CCCCCC1. The minimum absolute atomic E-state index is 0.197. The van der Waals surface area contributed by atoms with Crippen LogP contribution in [0.5, 0.6) is 11.5 Å². The molecular formula is C19H27NO5. The Labute approximate surface area is 148 Å². The molecule has 1 aromatic rings. The number of ether oxygens (including phenoxy) is 3. The summed E-state index contributed by atoms with van der Waals surface area (Å²) in [5, 5.41) is 2.94. The summed E-state index contributed by atoms with van der Waals surface area (Å²) in [6, 6.07) is 7.31. The number of rotatable bonds is 8. The van der Waals surface area contributed by atoms with Crippen molar-refractivity contribution in [3.8, 4) is 11.5 Å². The van der Waals surface area contributed by atoms with Crippen LogP contribution in [0.3, 0.4) is 0 Å². The molecule has 138 valence electrons. The van der Waals surface area contributed by atoms with E-state index >= 15 is 0 Å². The van der Waals surface area contributed by atoms with Gasteiger partial charge in [-0.1, -0.05) is 37.8 Å². The van der Waals surface area contributed by atoms with Gasteiger partial charge in [-0.3, -0.25) is 4.79 Å². The van der Waals surface area contributed by atoms with Crippen molar-refractivity contribution in [2.24, 2.45) is 0 Å². The van der Waals surface area contributed by atoms with Gasteiger partial charge < -0.3 is 19.5 Å². The van der Waals surface area contributed by atoms with Crippen molar-refractivity contribution < 1.29 is 23.8 Å². The van der Waals surface area contributed by atoms with Gasteiger partial charge in [-0.2, -0.15) is 0 Å². The van der Waals surface area contributed by atoms with Crippen molar-refractivity contribution in [1.29, 1.82) is 0 Å². The third kappa shape index (κ3) is 7.03. The summed E-state index contributed by atoms with van der Waals surface area (Å²) in [5.74, 6) is 0.213. The van der Waals surface area contributed by atoms with Crippen LogP contribution in [0.15, 0.2) is 24.3 Å². The number of esters is 1. The quantitative estimate of drug-likeness (QED) is 0.577. The van der Waals surface area contributed by atoms with Crippen LogP contribution in [0, 0.1) is 0 Å². The van der Waals surface area contributed by atoms with Crippen LogP contribution in [0.1, 0.15) is 45.4 Å². The second kappa shape index (κ2) is 10.6. The smallest absolute Gasteiger partial charge is 0.344 e. The van der Waals surface area contributed by atoms with Crippen molar-refractivity contribution in [3.05, 3.63) is 24.3 Å². The zero-order valence-electron chi connectivity index (χ0n) is 14.8. The first-order valence-corrected chi connectivity index (χ1v) is 8.98. The van der Waals surface area contributed by atoms with Crippen LogP contribution in [-0.4, -0.2) is 37.7 Å². The molecule has 6 nitrogen and oxygen atoms in total. The summed E-state index contributed by atoms with van der Waals surface area (Å²) < 4.78 is 15.8. The molecule has 1 saturated carbocycles. The molecule has 6 heteroatoms. The molecule has 0 unspecified atom stereocenters. The predicted molar refractivity (Wildman–Crippen MR) is 93.7 cm³/mol. The summed E-state index contributed by atoms with van der Waals surface area (Å²) in [4.78, 5) is 23.7. The molecule has 0 atom stereocenters. The highest BCUT2D eigenvalue weighted by molar-refractivity contribution is 5.81. The number of hydrogen-bond donors (Lipinski definition) is 1. The third-order valence-electron chi connectivity index (χ3n) is 4.08. The van der Waals surface area contributed by atoms with Crippen LogP contribution < -0.4 is 14.8 Å². The summed E-state index contributed by atoms with van der Waals surface area (Å²) in [5.41, 5.74) is 0. The van der Waals surface area contributed by atoms with Crippen molar-refractivity contribution in [2.45, 2.75) is 51.5 Å². The van der Waals surface area contributed by atoms with E-state index in [0.717, 1.165) is 25.7 Å². The maximum absolute atomic E-state index is 11.9. The predicted octanol–water partition coefficient (Wildman–Crippen LogP) is 2.85. The van der Waals surface area contributed by atoms with Gasteiger partial charge in [-0.15, -0.1) is 0 Å². The van der Waals surface area contributed by atoms with E-state index in [1.807, 2.05) is 13.0 Å². The Kier molecular flexibility index (Phi) is 8.09. The van der Waals surface area contributed by atoms with Gasteiger partial charge in [-0.05, 0) is 31.9 Å². The highest BCUT2D eigenvalue weighted by Gasteiger charge is 2.16. The van der Waals surface area contributed by atoms with Crippen LogP contribution in [0.25, 0.3) is 0 Å². The van der Waals surface area contributed by atoms with E-state index in [1.54, 1.807) is 18.2 Å². The van der Waals surface area contributed by atoms with E-state index < -0.39 is 5.97 Å². The van der Waals surface area contributed by atoms with Crippen molar-refractivity contribution >= 4 is 11.9 Å². The standard InChI is InChI=1S/C19H27NO5/c1-2-23-16-11-7-8-12-17(16)24-14-19(22)25-13-18(21)20-15-9-5-3-4-6-10-15/h7-8,11-12,15H,2-6,9-10,13-14H2,1H3,(H,20,21). The van der Waals surface area contributed by atoms with E-state index in [2.05, 4.69) is 5.32 Å². The molecule has 0 spiro atoms. The molecule has 1 N–H and O–H groups in total. The van der Waals surface area contributed by atoms with Crippen LogP contribution in [-0.2, 0) is 14.3 Å². The first-order chi connectivity index (χ1) is 12.2. The summed E-state index contributed by atoms with van der Waals surface area (Å²) in [7, 11) is 0. The van der Waals surface area contributed by atoms with Crippen molar-refractivity contribution in [1.82, 2.24) is 5.32 Å². The minimum Gasteiger partial charge on any atom is -0.490 e. The molecule has 1 aliphatic rings. The van der Waals surface area contributed by atoms with E-state index in [-0.39, 0.29) is 25.2 Å². The number of para-hydroxylation sites is 2. The second-order valence-corrected chi connectivity index (χ2v) is 6.09. The minimum atomic E-state index is -0.581. The molecule has 0 saturated heterocycles. The largest absolute Gasteiger partial charge is 0.490 e. The highest BCUT2D eigenvalue weighted by Crippen LogP contribution is 2.26. The normalized spacial score (nSPS) is 15.1. The zero-order chi connectivity index (χ0) is 17.9. The molecule has 25 heavy (non-hydrogen) atoms. The van der Waals surface area contributed by atoms with Crippen molar-refractivity contribution in [3.63, 3.8) is 0 Å². The fourth-order valence-electron chi connectivity index (χ4n) is 2.86. The molecular weight excluding hydrogens is 322 g/mol. The van der Waals surface area contributed by atoms with Crippen LogP contribution in [0.4, 0.5) is 0 Å². The number of hydrogen-bond acceptors (Lipinski definition) is 5. The summed E-state index contributed by atoms with van der Waals surface area (Å²) in [6.45, 7) is 1.84. The lowest BCUT2D eigenvalue weighted by atomic mass is 10.1. The fraction of sp³-hybridized carbons (Fsp3) is 0.579. The van der Waals surface area contributed by atoms with E-state index in [4.69, 9.17) is 14.2 Å². The van der Waals surface area contributed by atoms with Crippen LogP contribution >= 0.6 is 0 Å². The number of carbonyl (C=O) groups is 2. The Morgan fingerprint density at radius 2 is 1.64 bits per heavy atom. The number of carbonyl (C=O) groups excluding carboxylic acids is 2. The Morgan fingerprint density at radius 1 is 1.00 bits per heavy atom. The fourth-order valence-corrected chi connectivity index (χ4v) is 2.86. The average Bonchev–Trinajstić information content (AvgIpc) is 2.88. The molecule has 0 bridgehead atoms. The molecule has 0 heterocycles. The highest BCUT2D eigenvalue weighted by atomic mass is 16.6. The zero-order valence-corrected chi connectivity index (χ0v) is 14.8. The van der Waals surface area contributed by atoms with Gasteiger partial charge in [0.05, 0.1) is 6.61 Å². The topological polar surface area (TPSA) is 73.9 Å². The first kappa shape index (κ1) is 19.1. The van der Waals surface area contributed by atoms with E-state index in [1.165, 1.54) is 12.8 Å². The van der Waals surface area contributed by atoms with Crippen molar-refractivity contribution in [2.75, 3.05) is 19.8 Å². The van der Waals surface area contributed by atoms with Crippen LogP contribution in [0.2, 0.25) is 0 Å². The Bertz CT molecular complexity index is 553. The van der Waals surface area contributed by atoms with Gasteiger partial charge in [0.2, 0.25) is 0 Å². The summed E-state index contributed by atoms with van der Waals surface area (Å²) in [6.07, 6.45) is 6.72. The molecule has 1 fully saturated rings. The molecule has 1 aromatic carbocycles. The second-order valence-electron chi connectivity index (χ2n) is 6.09. The van der Waals surface area contributed by atoms with Gasteiger partial charge in [0.1, 0.15) is 0 Å². The molecule has 0 aliphatic heterocycles. The van der Waals surface area contributed by atoms with Gasteiger partial charge in [0, 0.05) is 6.04 Å². The lowest BCUT2D eigenvalue weighted by molar-refractivity contribution is -0.150. The number of amides is 1.